The minimum atomic E-state index is -1.28. The number of esters is 2. The van der Waals surface area contributed by atoms with Crippen molar-refractivity contribution in [3.63, 3.8) is 0 Å². The van der Waals surface area contributed by atoms with Gasteiger partial charge in [-0.25, -0.2) is 0 Å². The van der Waals surface area contributed by atoms with E-state index in [9.17, 15) is 19.2 Å². The van der Waals surface area contributed by atoms with E-state index in [0.29, 0.717) is 0 Å². The van der Waals surface area contributed by atoms with Crippen LogP contribution >= 0.6 is 0 Å². The molecule has 1 aliphatic rings. The molecule has 0 spiro atoms. The molecule has 1 unspecified atom stereocenters. The summed E-state index contributed by atoms with van der Waals surface area (Å²) in [6, 6.07) is 0. The van der Waals surface area contributed by atoms with Crippen molar-refractivity contribution < 1.29 is 28.7 Å². The zero-order valence-electron chi connectivity index (χ0n) is 8.86. The molecule has 1 aliphatic heterocycles. The Morgan fingerprint density at radius 2 is 2.06 bits per heavy atom. The van der Waals surface area contributed by atoms with Crippen molar-refractivity contribution in [2.75, 3.05) is 13.7 Å². The van der Waals surface area contributed by atoms with Crippen molar-refractivity contribution in [2.45, 2.75) is 19.3 Å². The Bertz CT molecular complexity index is 316. The maximum Gasteiger partial charge on any atom is 0.324 e. The van der Waals surface area contributed by atoms with Crippen LogP contribution in [0.2, 0.25) is 0 Å². The Hall–Kier alpha value is -1.72. The third kappa shape index (κ3) is 2.88. The number of carbonyl (C=O) groups excluding carboxylic acids is 4. The van der Waals surface area contributed by atoms with Gasteiger partial charge >= 0.3 is 11.9 Å². The van der Waals surface area contributed by atoms with E-state index in [1.807, 2.05) is 0 Å². The molecule has 6 nitrogen and oxygen atoms in total. The molecule has 0 aromatic heterocycles. The highest BCUT2D eigenvalue weighted by molar-refractivity contribution is 6.20. The average Bonchev–Trinajstić information content (AvgIpc) is 2.58. The van der Waals surface area contributed by atoms with E-state index in [-0.39, 0.29) is 25.9 Å². The summed E-state index contributed by atoms with van der Waals surface area (Å²) in [5.41, 5.74) is 0. The Morgan fingerprint density at radius 3 is 2.56 bits per heavy atom. The Kier molecular flexibility index (Phi) is 4.16. The molecule has 0 aromatic rings. The molecule has 0 amide bonds. The summed E-state index contributed by atoms with van der Waals surface area (Å²) in [6.07, 6.45) is 0.362. The Balaban J connectivity index is 2.38. The van der Waals surface area contributed by atoms with Crippen LogP contribution in [-0.4, -0.2) is 37.2 Å². The lowest BCUT2D eigenvalue weighted by atomic mass is 9.97. The van der Waals surface area contributed by atoms with Crippen molar-refractivity contribution in [2.24, 2.45) is 5.92 Å². The molecular weight excluding hydrogens is 216 g/mol. The van der Waals surface area contributed by atoms with Crippen LogP contribution in [0.3, 0.4) is 0 Å². The molecule has 0 aliphatic carbocycles. The van der Waals surface area contributed by atoms with Crippen LogP contribution in [0.4, 0.5) is 0 Å². The summed E-state index contributed by atoms with van der Waals surface area (Å²) in [7, 11) is 1.25. The standard InChI is InChI=1S/C10H12O6/c1-15-8(13)4-2-3-6(11)9-7(12)5-16-10(9)14/h9H,2-5H2,1H3. The molecule has 0 radical (unpaired) electrons. The summed E-state index contributed by atoms with van der Waals surface area (Å²) in [6.45, 7) is -0.327. The second-order valence-electron chi connectivity index (χ2n) is 3.40. The molecule has 1 saturated heterocycles. The van der Waals surface area contributed by atoms with Crippen LogP contribution < -0.4 is 0 Å². The third-order valence-electron chi connectivity index (χ3n) is 2.27. The predicted octanol–water partition coefficient (Wildman–Crippen LogP) is -0.359. The number of cyclic esters (lactones) is 1. The van der Waals surface area contributed by atoms with Crippen LogP contribution in [0.15, 0.2) is 0 Å². The zero-order chi connectivity index (χ0) is 12.1. The highest BCUT2D eigenvalue weighted by Gasteiger charge is 2.40. The number of hydrogen-bond donors (Lipinski definition) is 0. The first-order chi connectivity index (χ1) is 7.56. The van der Waals surface area contributed by atoms with Crippen LogP contribution in [0.25, 0.3) is 0 Å². The minimum absolute atomic E-state index is 0.000602. The normalized spacial score (nSPS) is 19.4. The van der Waals surface area contributed by atoms with E-state index >= 15 is 0 Å². The second kappa shape index (κ2) is 5.39. The predicted molar refractivity (Wildman–Crippen MR) is 50.3 cm³/mol. The first-order valence-electron chi connectivity index (χ1n) is 4.85. The van der Waals surface area contributed by atoms with Gasteiger partial charge in [0.25, 0.3) is 0 Å². The van der Waals surface area contributed by atoms with E-state index in [0.717, 1.165) is 0 Å². The molecule has 6 heteroatoms. The summed E-state index contributed by atoms with van der Waals surface area (Å²) in [5.74, 6) is -3.48. The molecule has 88 valence electrons. The van der Waals surface area contributed by atoms with Crippen LogP contribution in [0, 0.1) is 5.92 Å². The third-order valence-corrected chi connectivity index (χ3v) is 2.27. The van der Waals surface area contributed by atoms with Gasteiger partial charge < -0.3 is 9.47 Å². The lowest BCUT2D eigenvalue weighted by Crippen LogP contribution is -2.25. The lowest BCUT2D eigenvalue weighted by Gasteiger charge is -2.02. The molecule has 0 aromatic carbocycles. The first-order valence-corrected chi connectivity index (χ1v) is 4.85. The van der Waals surface area contributed by atoms with E-state index in [4.69, 9.17) is 0 Å². The first kappa shape index (κ1) is 12.4. The topological polar surface area (TPSA) is 86.7 Å². The van der Waals surface area contributed by atoms with Gasteiger partial charge in [-0.15, -0.1) is 0 Å². The van der Waals surface area contributed by atoms with Crippen molar-refractivity contribution in [3.05, 3.63) is 0 Å². The molecule has 0 saturated carbocycles. The second-order valence-corrected chi connectivity index (χ2v) is 3.40. The Morgan fingerprint density at radius 1 is 1.38 bits per heavy atom. The monoisotopic (exact) mass is 228 g/mol. The molecule has 16 heavy (non-hydrogen) atoms. The molecule has 0 bridgehead atoms. The largest absolute Gasteiger partial charge is 0.469 e. The van der Waals surface area contributed by atoms with E-state index in [2.05, 4.69) is 9.47 Å². The van der Waals surface area contributed by atoms with Crippen molar-refractivity contribution in [1.82, 2.24) is 0 Å². The fourth-order valence-corrected chi connectivity index (χ4v) is 1.40. The van der Waals surface area contributed by atoms with Gasteiger partial charge in [0.15, 0.2) is 24.1 Å². The molecule has 1 heterocycles. The number of carbonyl (C=O) groups is 4. The van der Waals surface area contributed by atoms with E-state index in [1.54, 1.807) is 0 Å². The van der Waals surface area contributed by atoms with E-state index in [1.165, 1.54) is 7.11 Å². The summed E-state index contributed by atoms with van der Waals surface area (Å²) < 4.78 is 8.84. The molecule has 1 rings (SSSR count). The van der Waals surface area contributed by atoms with Crippen molar-refractivity contribution in [1.29, 1.82) is 0 Å². The van der Waals surface area contributed by atoms with Gasteiger partial charge in [-0.1, -0.05) is 0 Å². The number of methoxy groups -OCH3 is 1. The van der Waals surface area contributed by atoms with Gasteiger partial charge in [-0.3, -0.25) is 19.2 Å². The van der Waals surface area contributed by atoms with Gasteiger partial charge in [0, 0.05) is 12.8 Å². The lowest BCUT2D eigenvalue weighted by molar-refractivity contribution is -0.144. The average molecular weight is 228 g/mol. The maximum absolute atomic E-state index is 11.5. The quantitative estimate of drug-likeness (QED) is 0.471. The van der Waals surface area contributed by atoms with Crippen molar-refractivity contribution in [3.8, 4) is 0 Å². The number of ketones is 2. The fraction of sp³-hybridized carbons (Fsp3) is 0.600. The summed E-state index contributed by atoms with van der Waals surface area (Å²) in [4.78, 5) is 44.4. The van der Waals surface area contributed by atoms with Gasteiger partial charge in [-0.05, 0) is 6.42 Å². The van der Waals surface area contributed by atoms with Gasteiger partial charge in [0.1, 0.15) is 0 Å². The summed E-state index contributed by atoms with van der Waals surface area (Å²) in [5, 5.41) is 0. The van der Waals surface area contributed by atoms with Crippen LogP contribution in [-0.2, 0) is 28.7 Å². The van der Waals surface area contributed by atoms with Gasteiger partial charge in [-0.2, -0.15) is 0 Å². The SMILES string of the molecule is COC(=O)CCCC(=O)C1C(=O)COC1=O. The molecule has 0 N–H and O–H groups in total. The van der Waals surface area contributed by atoms with Gasteiger partial charge in [0.05, 0.1) is 7.11 Å². The number of Topliss-reactive ketones (excluding diaryl/α,β-unsaturated/α-hetero) is 2. The highest BCUT2D eigenvalue weighted by atomic mass is 16.5. The Labute approximate surface area is 91.9 Å². The number of rotatable bonds is 5. The minimum Gasteiger partial charge on any atom is -0.469 e. The van der Waals surface area contributed by atoms with Crippen LogP contribution in [0.5, 0.6) is 0 Å². The highest BCUT2D eigenvalue weighted by Crippen LogP contribution is 2.15. The fourth-order valence-electron chi connectivity index (χ4n) is 1.40. The number of ether oxygens (including phenoxy) is 2. The summed E-state index contributed by atoms with van der Waals surface area (Å²) >= 11 is 0. The smallest absolute Gasteiger partial charge is 0.324 e. The molecule has 1 atom stereocenters. The van der Waals surface area contributed by atoms with Gasteiger partial charge in [0.2, 0.25) is 0 Å². The molecule has 1 fully saturated rings. The number of hydrogen-bond acceptors (Lipinski definition) is 6. The maximum atomic E-state index is 11.5. The van der Waals surface area contributed by atoms with E-state index < -0.39 is 29.4 Å². The van der Waals surface area contributed by atoms with Crippen LogP contribution in [0.1, 0.15) is 19.3 Å². The molecular formula is C10H12O6. The van der Waals surface area contributed by atoms with Crippen molar-refractivity contribution >= 4 is 23.5 Å². The zero-order valence-corrected chi connectivity index (χ0v) is 8.86.